The molecule has 0 aromatic heterocycles. The van der Waals surface area contributed by atoms with Crippen LogP contribution in [0.2, 0.25) is 0 Å². The van der Waals surface area contributed by atoms with Gasteiger partial charge in [0.2, 0.25) is 0 Å². The number of benzene rings is 3. The summed E-state index contributed by atoms with van der Waals surface area (Å²) in [5.74, 6) is 1.84. The third-order valence-electron chi connectivity index (χ3n) is 5.59. The van der Waals surface area contributed by atoms with Gasteiger partial charge < -0.3 is 24.0 Å². The Balaban J connectivity index is 0.000000198. The summed E-state index contributed by atoms with van der Waals surface area (Å²) in [7, 11) is 3.93. The van der Waals surface area contributed by atoms with E-state index in [1.165, 1.54) is 30.6 Å². The molecule has 0 aliphatic carbocycles. The zero-order valence-electron chi connectivity index (χ0n) is 20.8. The van der Waals surface area contributed by atoms with E-state index in [4.69, 9.17) is 9.47 Å². The standard InChI is InChI=1S/C15H15NO2S.C13H20N2O/c1-2-18-14-8-6-13(7-9-14)16-19-15-5-3-4-12(10-15)11-17;1-14-8-5-9-15(11-10-14)12-6-3-4-7-13(12)16-2/h3-11,16H,2H2,1H3;3-4,6-7H,5,8-11H2,1-2H3. The number of nitrogens with zero attached hydrogens (tertiary/aromatic N) is 2. The fraction of sp³-hybridized carbons (Fsp3) is 0.321. The van der Waals surface area contributed by atoms with Crippen LogP contribution in [-0.4, -0.2) is 58.1 Å². The first-order valence-electron chi connectivity index (χ1n) is 11.9. The topological polar surface area (TPSA) is 54.0 Å². The molecule has 0 radical (unpaired) electrons. The average molecular weight is 494 g/mol. The highest BCUT2D eigenvalue weighted by Gasteiger charge is 2.15. The minimum absolute atomic E-state index is 0.667. The van der Waals surface area contributed by atoms with E-state index in [1.54, 1.807) is 13.2 Å². The molecule has 7 heteroatoms. The Labute approximate surface area is 213 Å². The summed E-state index contributed by atoms with van der Waals surface area (Å²) in [6.07, 6.45) is 2.06. The number of hydrogen-bond donors (Lipinski definition) is 1. The first-order chi connectivity index (χ1) is 17.1. The van der Waals surface area contributed by atoms with Gasteiger partial charge in [0.25, 0.3) is 0 Å². The first kappa shape index (κ1) is 26.4. The number of likely N-dealkylation sites (N-methyl/N-ethyl adjacent to an activating group) is 1. The summed E-state index contributed by atoms with van der Waals surface area (Å²) in [6, 6.07) is 23.5. The van der Waals surface area contributed by atoms with Crippen LogP contribution in [0.1, 0.15) is 23.7 Å². The third kappa shape index (κ3) is 8.53. The van der Waals surface area contributed by atoms with Gasteiger partial charge in [-0.3, -0.25) is 4.79 Å². The quantitative estimate of drug-likeness (QED) is 0.312. The van der Waals surface area contributed by atoms with Gasteiger partial charge in [-0.05, 0) is 87.4 Å². The molecule has 0 atom stereocenters. The van der Waals surface area contributed by atoms with E-state index in [-0.39, 0.29) is 0 Å². The SMILES string of the molecule is CCOc1ccc(NSc2cccc(C=O)c2)cc1.COc1ccccc1N1CCCN(C)CC1. The molecule has 1 aliphatic heterocycles. The maximum absolute atomic E-state index is 10.7. The summed E-state index contributed by atoms with van der Waals surface area (Å²) in [4.78, 5) is 16.5. The lowest BCUT2D eigenvalue weighted by Gasteiger charge is -2.24. The second kappa shape index (κ2) is 14.3. The highest BCUT2D eigenvalue weighted by molar-refractivity contribution is 8.00. The molecule has 0 bridgehead atoms. The van der Waals surface area contributed by atoms with Crippen molar-refractivity contribution in [1.29, 1.82) is 0 Å². The molecule has 35 heavy (non-hydrogen) atoms. The fourth-order valence-electron chi connectivity index (χ4n) is 3.73. The Morgan fingerprint density at radius 2 is 1.77 bits per heavy atom. The van der Waals surface area contributed by atoms with Crippen LogP contribution in [0.25, 0.3) is 0 Å². The lowest BCUT2D eigenvalue weighted by Crippen LogP contribution is -2.28. The van der Waals surface area contributed by atoms with Gasteiger partial charge in [0.1, 0.15) is 17.8 Å². The predicted molar refractivity (Wildman–Crippen MR) is 146 cm³/mol. The average Bonchev–Trinajstić information content (AvgIpc) is 3.13. The molecule has 1 fully saturated rings. The number of ether oxygens (including phenoxy) is 2. The Morgan fingerprint density at radius 3 is 2.51 bits per heavy atom. The normalized spacial score (nSPS) is 13.7. The van der Waals surface area contributed by atoms with E-state index in [0.717, 1.165) is 48.0 Å². The molecule has 1 saturated heterocycles. The second-order valence-electron chi connectivity index (χ2n) is 8.17. The maximum Gasteiger partial charge on any atom is 0.150 e. The monoisotopic (exact) mass is 493 g/mol. The Morgan fingerprint density at radius 1 is 0.971 bits per heavy atom. The summed E-state index contributed by atoms with van der Waals surface area (Å²) >= 11 is 1.47. The van der Waals surface area contributed by atoms with Gasteiger partial charge in [-0.15, -0.1) is 0 Å². The van der Waals surface area contributed by atoms with Crippen molar-refractivity contribution in [3.05, 3.63) is 78.4 Å². The molecular weight excluding hydrogens is 458 g/mol. The second-order valence-corrected chi connectivity index (χ2v) is 9.05. The number of aldehydes is 1. The van der Waals surface area contributed by atoms with E-state index in [9.17, 15) is 4.79 Å². The molecule has 0 saturated carbocycles. The fourth-order valence-corrected chi connectivity index (χ4v) is 4.45. The first-order valence-corrected chi connectivity index (χ1v) is 12.7. The highest BCUT2D eigenvalue weighted by atomic mass is 32.2. The number of carbonyl (C=O) groups excluding carboxylic acids is 1. The summed E-state index contributed by atoms with van der Waals surface area (Å²) in [6.45, 7) is 7.13. The number of nitrogens with one attached hydrogen (secondary N) is 1. The van der Waals surface area contributed by atoms with Gasteiger partial charge in [0.15, 0.2) is 0 Å². The Hall–Kier alpha value is -3.16. The zero-order valence-corrected chi connectivity index (χ0v) is 21.6. The molecule has 1 heterocycles. The van der Waals surface area contributed by atoms with Crippen LogP contribution < -0.4 is 19.1 Å². The van der Waals surface area contributed by atoms with E-state index >= 15 is 0 Å². The van der Waals surface area contributed by atoms with Crippen LogP contribution in [0, 0.1) is 0 Å². The molecule has 3 aromatic carbocycles. The van der Waals surface area contributed by atoms with Crippen LogP contribution in [0.4, 0.5) is 11.4 Å². The van der Waals surface area contributed by atoms with E-state index in [0.29, 0.717) is 12.2 Å². The van der Waals surface area contributed by atoms with E-state index in [1.807, 2.05) is 61.5 Å². The van der Waals surface area contributed by atoms with E-state index < -0.39 is 0 Å². The van der Waals surface area contributed by atoms with Crippen molar-refractivity contribution in [2.45, 2.75) is 18.2 Å². The van der Waals surface area contributed by atoms with Crippen molar-refractivity contribution < 1.29 is 14.3 Å². The molecule has 1 aliphatic rings. The summed E-state index contributed by atoms with van der Waals surface area (Å²) < 4.78 is 14.0. The molecule has 0 unspecified atom stereocenters. The van der Waals surface area contributed by atoms with Gasteiger partial charge in [-0.25, -0.2) is 0 Å². The number of rotatable bonds is 8. The number of methoxy groups -OCH3 is 1. The molecule has 1 N–H and O–H groups in total. The molecular formula is C28H35N3O3S. The van der Waals surface area contributed by atoms with Crippen molar-refractivity contribution in [1.82, 2.24) is 4.90 Å². The number of anilines is 2. The van der Waals surface area contributed by atoms with Crippen LogP contribution in [0.3, 0.4) is 0 Å². The predicted octanol–water partition coefficient (Wildman–Crippen LogP) is 5.85. The van der Waals surface area contributed by atoms with Crippen LogP contribution in [0.15, 0.2) is 77.7 Å². The van der Waals surface area contributed by atoms with Gasteiger partial charge in [-0.1, -0.05) is 24.3 Å². The molecule has 6 nitrogen and oxygen atoms in total. The Kier molecular flexibility index (Phi) is 10.8. The van der Waals surface area contributed by atoms with Crippen LogP contribution >= 0.6 is 11.9 Å². The smallest absolute Gasteiger partial charge is 0.150 e. The van der Waals surface area contributed by atoms with Crippen molar-refractivity contribution in [3.8, 4) is 11.5 Å². The van der Waals surface area contributed by atoms with Crippen molar-refractivity contribution in [2.75, 3.05) is 56.6 Å². The molecule has 186 valence electrons. The van der Waals surface area contributed by atoms with Crippen molar-refractivity contribution >= 4 is 29.6 Å². The molecule has 3 aromatic rings. The third-order valence-corrected chi connectivity index (χ3v) is 6.42. The Bertz CT molecular complexity index is 1050. The molecule has 0 amide bonds. The largest absolute Gasteiger partial charge is 0.495 e. The van der Waals surface area contributed by atoms with Gasteiger partial charge in [-0.2, -0.15) is 0 Å². The molecule has 4 rings (SSSR count). The van der Waals surface area contributed by atoms with Gasteiger partial charge >= 0.3 is 0 Å². The van der Waals surface area contributed by atoms with Crippen LogP contribution in [-0.2, 0) is 0 Å². The minimum Gasteiger partial charge on any atom is -0.495 e. The van der Waals surface area contributed by atoms with Crippen molar-refractivity contribution in [2.24, 2.45) is 0 Å². The summed E-state index contributed by atoms with van der Waals surface area (Å²) in [5, 5.41) is 0. The lowest BCUT2D eigenvalue weighted by molar-refractivity contribution is 0.112. The maximum atomic E-state index is 10.7. The van der Waals surface area contributed by atoms with E-state index in [2.05, 4.69) is 33.7 Å². The molecule has 0 spiro atoms. The highest BCUT2D eigenvalue weighted by Crippen LogP contribution is 2.28. The summed E-state index contributed by atoms with van der Waals surface area (Å²) in [5.41, 5.74) is 2.89. The number of carbonyl (C=O) groups is 1. The van der Waals surface area contributed by atoms with Crippen LogP contribution in [0.5, 0.6) is 11.5 Å². The minimum atomic E-state index is 0.667. The lowest BCUT2D eigenvalue weighted by atomic mass is 10.2. The zero-order chi connectivity index (χ0) is 24.9. The van der Waals surface area contributed by atoms with Gasteiger partial charge in [0.05, 0.1) is 19.4 Å². The number of para-hydroxylation sites is 2. The van der Waals surface area contributed by atoms with Gasteiger partial charge in [0, 0.05) is 35.8 Å². The number of hydrogen-bond acceptors (Lipinski definition) is 7. The van der Waals surface area contributed by atoms with Crippen molar-refractivity contribution in [3.63, 3.8) is 0 Å².